The van der Waals surface area contributed by atoms with Crippen LogP contribution in [0, 0.1) is 17.8 Å². The van der Waals surface area contributed by atoms with Crippen LogP contribution in [-0.2, 0) is 9.53 Å². The number of carbonyl (C=O) groups excluding carboxylic acids is 1. The molecule has 2 aliphatic rings. The molecule has 62 valence electrons. The number of fused-ring (bicyclic) bond motifs is 1. The summed E-state index contributed by atoms with van der Waals surface area (Å²) in [4.78, 5) is 11.2. The van der Waals surface area contributed by atoms with E-state index in [1.54, 1.807) is 0 Å². The molecule has 0 aromatic rings. The van der Waals surface area contributed by atoms with Gasteiger partial charge in [-0.05, 0) is 31.6 Å². The van der Waals surface area contributed by atoms with E-state index in [0.29, 0.717) is 24.4 Å². The van der Waals surface area contributed by atoms with E-state index in [2.05, 4.69) is 0 Å². The fourth-order valence-corrected chi connectivity index (χ4v) is 2.41. The van der Waals surface area contributed by atoms with Crippen molar-refractivity contribution in [1.29, 1.82) is 0 Å². The molecule has 0 radical (unpaired) electrons. The number of hydrogen-bond donors (Lipinski definition) is 0. The summed E-state index contributed by atoms with van der Waals surface area (Å²) in [6, 6.07) is 0. The molecule has 2 nitrogen and oxygen atoms in total. The largest absolute Gasteiger partial charge is 0.466 e. The summed E-state index contributed by atoms with van der Waals surface area (Å²) < 4.78 is 4.96. The zero-order valence-corrected chi connectivity index (χ0v) is 6.88. The van der Waals surface area contributed by atoms with Gasteiger partial charge >= 0.3 is 5.97 Å². The second kappa shape index (κ2) is 2.50. The Labute approximate surface area is 66.9 Å². The van der Waals surface area contributed by atoms with E-state index in [1.165, 1.54) is 19.3 Å². The van der Waals surface area contributed by atoms with Crippen LogP contribution < -0.4 is 0 Å². The van der Waals surface area contributed by atoms with Crippen molar-refractivity contribution < 1.29 is 9.53 Å². The average molecular weight is 154 g/mol. The Hall–Kier alpha value is -0.530. The quantitative estimate of drug-likeness (QED) is 0.565. The van der Waals surface area contributed by atoms with Crippen LogP contribution in [0.5, 0.6) is 0 Å². The van der Waals surface area contributed by atoms with Gasteiger partial charge in [-0.1, -0.05) is 6.42 Å². The normalized spacial score (nSPS) is 39.9. The lowest BCUT2D eigenvalue weighted by Gasteiger charge is -2.01. The van der Waals surface area contributed by atoms with Crippen LogP contribution in [0.2, 0.25) is 0 Å². The second-order valence-electron chi connectivity index (χ2n) is 3.54. The second-order valence-corrected chi connectivity index (χ2v) is 3.54. The number of rotatable bonds is 2. The molecule has 2 heteroatoms. The molecular formula is C9H14O2. The van der Waals surface area contributed by atoms with Crippen molar-refractivity contribution in [2.75, 3.05) is 6.61 Å². The fraction of sp³-hybridized carbons (Fsp3) is 0.889. The first-order valence-corrected chi connectivity index (χ1v) is 4.51. The zero-order chi connectivity index (χ0) is 7.84. The molecule has 0 N–H and O–H groups in total. The van der Waals surface area contributed by atoms with Crippen molar-refractivity contribution in [1.82, 2.24) is 0 Å². The molecule has 0 bridgehead atoms. The first-order valence-electron chi connectivity index (χ1n) is 4.51. The van der Waals surface area contributed by atoms with Gasteiger partial charge in [-0.15, -0.1) is 0 Å². The number of esters is 1. The highest BCUT2D eigenvalue weighted by atomic mass is 16.5. The van der Waals surface area contributed by atoms with Crippen LogP contribution in [0.3, 0.4) is 0 Å². The standard InChI is InChI=1S/C9H14O2/c1-2-11-9(10)8-6-4-3-5-7(6)8/h6-8H,2-5H2,1H3. The maximum atomic E-state index is 11.2. The first-order chi connectivity index (χ1) is 5.34. The minimum absolute atomic E-state index is 0.0576. The highest BCUT2D eigenvalue weighted by Gasteiger charge is 2.57. The molecule has 2 saturated carbocycles. The highest BCUT2D eigenvalue weighted by molar-refractivity contribution is 5.76. The van der Waals surface area contributed by atoms with Crippen molar-refractivity contribution >= 4 is 5.97 Å². The molecular weight excluding hydrogens is 140 g/mol. The topological polar surface area (TPSA) is 26.3 Å². The monoisotopic (exact) mass is 154 g/mol. The van der Waals surface area contributed by atoms with Crippen LogP contribution in [0.4, 0.5) is 0 Å². The lowest BCUT2D eigenvalue weighted by molar-refractivity contribution is -0.145. The number of hydrogen-bond acceptors (Lipinski definition) is 2. The average Bonchev–Trinajstić information content (AvgIpc) is 2.47. The van der Waals surface area contributed by atoms with Crippen LogP contribution in [0.25, 0.3) is 0 Å². The predicted octanol–water partition coefficient (Wildman–Crippen LogP) is 1.60. The third-order valence-electron chi connectivity index (χ3n) is 2.97. The van der Waals surface area contributed by atoms with Crippen LogP contribution in [0.15, 0.2) is 0 Å². The third-order valence-corrected chi connectivity index (χ3v) is 2.97. The van der Waals surface area contributed by atoms with Gasteiger partial charge in [0.25, 0.3) is 0 Å². The molecule has 0 saturated heterocycles. The Morgan fingerprint density at radius 3 is 2.64 bits per heavy atom. The summed E-state index contributed by atoms with van der Waals surface area (Å²) in [5.41, 5.74) is 0. The van der Waals surface area contributed by atoms with E-state index in [-0.39, 0.29) is 5.97 Å². The van der Waals surface area contributed by atoms with Crippen molar-refractivity contribution in [3.05, 3.63) is 0 Å². The van der Waals surface area contributed by atoms with Gasteiger partial charge < -0.3 is 4.74 Å². The van der Waals surface area contributed by atoms with Gasteiger partial charge in [-0.3, -0.25) is 4.79 Å². The molecule has 0 amide bonds. The Morgan fingerprint density at radius 2 is 2.09 bits per heavy atom. The lowest BCUT2D eigenvalue weighted by atomic mass is 10.1. The molecule has 0 aliphatic heterocycles. The molecule has 0 heterocycles. The molecule has 0 aromatic heterocycles. The van der Waals surface area contributed by atoms with Gasteiger partial charge in [-0.25, -0.2) is 0 Å². The first kappa shape index (κ1) is 7.14. The van der Waals surface area contributed by atoms with E-state index in [1.807, 2.05) is 6.92 Å². The molecule has 0 aromatic carbocycles. The van der Waals surface area contributed by atoms with Gasteiger partial charge in [0.05, 0.1) is 12.5 Å². The SMILES string of the molecule is CCOC(=O)C1C2CCCC21. The molecule has 2 unspecified atom stereocenters. The summed E-state index contributed by atoms with van der Waals surface area (Å²) in [6.45, 7) is 2.41. The van der Waals surface area contributed by atoms with Crippen LogP contribution >= 0.6 is 0 Å². The van der Waals surface area contributed by atoms with Crippen molar-refractivity contribution in [3.8, 4) is 0 Å². The van der Waals surface area contributed by atoms with Gasteiger partial charge in [0, 0.05) is 0 Å². The molecule has 2 atom stereocenters. The van der Waals surface area contributed by atoms with E-state index >= 15 is 0 Å². The van der Waals surface area contributed by atoms with Gasteiger partial charge in [0.2, 0.25) is 0 Å². The minimum Gasteiger partial charge on any atom is -0.466 e. The highest BCUT2D eigenvalue weighted by Crippen LogP contribution is 2.57. The summed E-state index contributed by atoms with van der Waals surface area (Å²) in [5, 5.41) is 0. The van der Waals surface area contributed by atoms with Gasteiger partial charge in [0.1, 0.15) is 0 Å². The third kappa shape index (κ3) is 1.05. The zero-order valence-electron chi connectivity index (χ0n) is 6.88. The van der Waals surface area contributed by atoms with Crippen molar-refractivity contribution in [2.45, 2.75) is 26.2 Å². The van der Waals surface area contributed by atoms with Gasteiger partial charge in [0.15, 0.2) is 0 Å². The minimum atomic E-state index is 0.0576. The van der Waals surface area contributed by atoms with E-state index < -0.39 is 0 Å². The van der Waals surface area contributed by atoms with E-state index in [0.717, 1.165) is 0 Å². The maximum Gasteiger partial charge on any atom is 0.309 e. The van der Waals surface area contributed by atoms with Crippen LogP contribution in [0.1, 0.15) is 26.2 Å². The molecule has 2 aliphatic carbocycles. The number of ether oxygens (including phenoxy) is 1. The Bertz CT molecular complexity index is 166. The van der Waals surface area contributed by atoms with E-state index in [9.17, 15) is 4.79 Å². The molecule has 2 rings (SSSR count). The smallest absolute Gasteiger partial charge is 0.309 e. The van der Waals surface area contributed by atoms with Gasteiger partial charge in [-0.2, -0.15) is 0 Å². The molecule has 2 fully saturated rings. The predicted molar refractivity (Wildman–Crippen MR) is 41.0 cm³/mol. The summed E-state index contributed by atoms with van der Waals surface area (Å²) in [5.74, 6) is 1.76. The summed E-state index contributed by atoms with van der Waals surface area (Å²) >= 11 is 0. The Morgan fingerprint density at radius 1 is 1.45 bits per heavy atom. The van der Waals surface area contributed by atoms with Crippen molar-refractivity contribution in [3.63, 3.8) is 0 Å². The van der Waals surface area contributed by atoms with Crippen molar-refractivity contribution in [2.24, 2.45) is 17.8 Å². The van der Waals surface area contributed by atoms with Crippen LogP contribution in [-0.4, -0.2) is 12.6 Å². The molecule has 11 heavy (non-hydrogen) atoms. The maximum absolute atomic E-state index is 11.2. The molecule has 0 spiro atoms. The number of carbonyl (C=O) groups is 1. The van der Waals surface area contributed by atoms with E-state index in [4.69, 9.17) is 4.74 Å². The Kier molecular flexibility index (Phi) is 1.63. The summed E-state index contributed by atoms with van der Waals surface area (Å²) in [7, 11) is 0. The Balaban J connectivity index is 1.85. The fourth-order valence-electron chi connectivity index (χ4n) is 2.41. The lowest BCUT2D eigenvalue weighted by Crippen LogP contribution is -2.09. The summed E-state index contributed by atoms with van der Waals surface area (Å²) in [6.07, 6.45) is 3.84.